The number of aryl methyl sites for hydroxylation is 1. The summed E-state index contributed by atoms with van der Waals surface area (Å²) in [5.41, 5.74) is 2.86. The van der Waals surface area contributed by atoms with Crippen molar-refractivity contribution in [3.8, 4) is 0 Å². The zero-order chi connectivity index (χ0) is 11.0. The normalized spacial score (nSPS) is 28.6. The number of carbonyl (C=O) groups excluding carboxylic acids is 1. The highest BCUT2D eigenvalue weighted by Gasteiger charge is 2.34. The predicted octanol–water partition coefficient (Wildman–Crippen LogP) is 2.81. The molecule has 84 valence electrons. The first-order valence-corrected chi connectivity index (χ1v) is 6.12. The maximum Gasteiger partial charge on any atom is 0.306 e. The van der Waals surface area contributed by atoms with Crippen molar-refractivity contribution in [2.45, 2.75) is 44.1 Å². The molecule has 1 saturated heterocycles. The molecule has 1 fully saturated rings. The van der Waals surface area contributed by atoms with Gasteiger partial charge in [0.25, 0.3) is 0 Å². The van der Waals surface area contributed by atoms with Crippen molar-refractivity contribution in [1.82, 2.24) is 0 Å². The molecule has 1 aromatic rings. The minimum atomic E-state index is -0.0203. The second-order valence-electron chi connectivity index (χ2n) is 4.76. The Morgan fingerprint density at radius 3 is 2.81 bits per heavy atom. The number of cyclic esters (lactones) is 1. The molecule has 0 N–H and O–H groups in total. The van der Waals surface area contributed by atoms with Crippen molar-refractivity contribution in [2.75, 3.05) is 0 Å². The maximum atomic E-state index is 11.2. The van der Waals surface area contributed by atoms with Crippen molar-refractivity contribution in [3.63, 3.8) is 0 Å². The molecule has 16 heavy (non-hydrogen) atoms. The van der Waals surface area contributed by atoms with E-state index in [2.05, 4.69) is 24.3 Å². The van der Waals surface area contributed by atoms with Crippen LogP contribution in [-0.4, -0.2) is 12.1 Å². The third-order valence-electron chi connectivity index (χ3n) is 3.78. The Morgan fingerprint density at radius 1 is 1.12 bits per heavy atom. The van der Waals surface area contributed by atoms with E-state index in [-0.39, 0.29) is 12.1 Å². The van der Waals surface area contributed by atoms with Gasteiger partial charge >= 0.3 is 5.97 Å². The highest BCUT2D eigenvalue weighted by Crippen LogP contribution is 2.38. The average molecular weight is 216 g/mol. The Kier molecular flexibility index (Phi) is 2.43. The standard InChI is InChI=1S/C14H16O2/c15-14-9-8-13(16-14)12-7-3-5-10-4-1-2-6-11(10)12/h1-2,4,6,12-13H,3,5,7-9H2/t12-,13-/m1/s1. The van der Waals surface area contributed by atoms with Gasteiger partial charge < -0.3 is 4.74 Å². The van der Waals surface area contributed by atoms with Gasteiger partial charge in [0.15, 0.2) is 0 Å². The molecule has 2 atom stereocenters. The van der Waals surface area contributed by atoms with Crippen LogP contribution in [0.5, 0.6) is 0 Å². The number of hydrogen-bond donors (Lipinski definition) is 0. The second kappa shape index (κ2) is 3.93. The van der Waals surface area contributed by atoms with Crippen molar-refractivity contribution >= 4 is 5.97 Å². The fourth-order valence-corrected chi connectivity index (χ4v) is 3.01. The number of ether oxygens (including phenoxy) is 1. The maximum absolute atomic E-state index is 11.2. The summed E-state index contributed by atoms with van der Waals surface area (Å²) < 4.78 is 5.42. The molecule has 0 bridgehead atoms. The van der Waals surface area contributed by atoms with E-state index in [0.29, 0.717) is 12.3 Å². The monoisotopic (exact) mass is 216 g/mol. The van der Waals surface area contributed by atoms with Crippen LogP contribution in [0.1, 0.15) is 42.7 Å². The molecule has 1 aliphatic heterocycles. The summed E-state index contributed by atoms with van der Waals surface area (Å²) in [4.78, 5) is 11.2. The van der Waals surface area contributed by atoms with E-state index in [1.54, 1.807) is 0 Å². The Hall–Kier alpha value is -1.31. The van der Waals surface area contributed by atoms with E-state index < -0.39 is 0 Å². The Labute approximate surface area is 95.6 Å². The molecule has 0 aromatic heterocycles. The summed E-state index contributed by atoms with van der Waals surface area (Å²) in [6.07, 6.45) is 5.19. The van der Waals surface area contributed by atoms with Crippen molar-refractivity contribution in [1.29, 1.82) is 0 Å². The minimum absolute atomic E-state index is 0.0203. The van der Waals surface area contributed by atoms with Gasteiger partial charge in [0.1, 0.15) is 6.10 Å². The Bertz CT molecular complexity index is 411. The number of hydrogen-bond acceptors (Lipinski definition) is 2. The van der Waals surface area contributed by atoms with E-state index in [1.165, 1.54) is 24.0 Å². The quantitative estimate of drug-likeness (QED) is 0.675. The number of fused-ring (bicyclic) bond motifs is 1. The van der Waals surface area contributed by atoms with E-state index in [9.17, 15) is 4.79 Å². The zero-order valence-corrected chi connectivity index (χ0v) is 9.32. The lowest BCUT2D eigenvalue weighted by atomic mass is 9.79. The van der Waals surface area contributed by atoms with E-state index in [1.807, 2.05) is 0 Å². The highest BCUT2D eigenvalue weighted by atomic mass is 16.5. The molecule has 0 amide bonds. The topological polar surface area (TPSA) is 26.3 Å². The summed E-state index contributed by atoms with van der Waals surface area (Å²) in [7, 11) is 0. The fraction of sp³-hybridized carbons (Fsp3) is 0.500. The Morgan fingerprint density at radius 2 is 2.00 bits per heavy atom. The van der Waals surface area contributed by atoms with Gasteiger partial charge in [0.05, 0.1) is 0 Å². The molecule has 2 heteroatoms. The van der Waals surface area contributed by atoms with E-state index in [0.717, 1.165) is 12.8 Å². The fourth-order valence-electron chi connectivity index (χ4n) is 3.01. The molecule has 0 spiro atoms. The van der Waals surface area contributed by atoms with Crippen LogP contribution < -0.4 is 0 Å². The van der Waals surface area contributed by atoms with Crippen LogP contribution in [0.2, 0.25) is 0 Å². The minimum Gasteiger partial charge on any atom is -0.462 e. The molecule has 1 heterocycles. The SMILES string of the molecule is O=C1CC[C@H]([C@@H]2CCCc3ccccc32)O1. The zero-order valence-electron chi connectivity index (χ0n) is 9.32. The summed E-state index contributed by atoms with van der Waals surface area (Å²) in [5.74, 6) is 0.421. The van der Waals surface area contributed by atoms with Crippen LogP contribution in [0.4, 0.5) is 0 Å². The van der Waals surface area contributed by atoms with Gasteiger partial charge in [-0.1, -0.05) is 24.3 Å². The lowest BCUT2D eigenvalue weighted by Gasteiger charge is -2.29. The van der Waals surface area contributed by atoms with Crippen LogP contribution in [0, 0.1) is 0 Å². The van der Waals surface area contributed by atoms with Gasteiger partial charge in [0.2, 0.25) is 0 Å². The first kappa shape index (κ1) is 9.88. The van der Waals surface area contributed by atoms with Gasteiger partial charge in [-0.2, -0.15) is 0 Å². The van der Waals surface area contributed by atoms with Gasteiger partial charge in [0, 0.05) is 12.3 Å². The van der Waals surface area contributed by atoms with Gasteiger partial charge in [-0.3, -0.25) is 4.79 Å². The highest BCUT2D eigenvalue weighted by molar-refractivity contribution is 5.71. The van der Waals surface area contributed by atoms with Crippen LogP contribution in [0.25, 0.3) is 0 Å². The van der Waals surface area contributed by atoms with Crippen LogP contribution in [-0.2, 0) is 16.0 Å². The molecule has 3 rings (SSSR count). The molecule has 1 aliphatic carbocycles. The third kappa shape index (κ3) is 1.62. The van der Waals surface area contributed by atoms with E-state index >= 15 is 0 Å². The molecule has 2 nitrogen and oxygen atoms in total. The molecule has 2 aliphatic rings. The van der Waals surface area contributed by atoms with Crippen LogP contribution in [0.15, 0.2) is 24.3 Å². The van der Waals surface area contributed by atoms with Crippen LogP contribution >= 0.6 is 0 Å². The largest absolute Gasteiger partial charge is 0.462 e. The smallest absolute Gasteiger partial charge is 0.306 e. The molecular weight excluding hydrogens is 200 g/mol. The lowest BCUT2D eigenvalue weighted by molar-refractivity contribution is -0.142. The average Bonchev–Trinajstić information content (AvgIpc) is 2.75. The molecule has 0 unspecified atom stereocenters. The van der Waals surface area contributed by atoms with Crippen LogP contribution in [0.3, 0.4) is 0 Å². The third-order valence-corrected chi connectivity index (χ3v) is 3.78. The summed E-state index contributed by atoms with van der Waals surface area (Å²) in [6, 6.07) is 8.60. The van der Waals surface area contributed by atoms with Crippen molar-refractivity contribution < 1.29 is 9.53 Å². The van der Waals surface area contributed by atoms with E-state index in [4.69, 9.17) is 4.74 Å². The first-order valence-electron chi connectivity index (χ1n) is 6.12. The molecule has 1 aromatic carbocycles. The van der Waals surface area contributed by atoms with Crippen molar-refractivity contribution in [3.05, 3.63) is 35.4 Å². The molecule has 0 radical (unpaired) electrons. The number of rotatable bonds is 1. The lowest BCUT2D eigenvalue weighted by Crippen LogP contribution is -2.22. The second-order valence-corrected chi connectivity index (χ2v) is 4.76. The first-order chi connectivity index (χ1) is 7.84. The Balaban J connectivity index is 1.90. The van der Waals surface area contributed by atoms with Gasteiger partial charge in [-0.05, 0) is 36.8 Å². The number of esters is 1. The summed E-state index contributed by atoms with van der Waals surface area (Å²) in [6.45, 7) is 0. The predicted molar refractivity (Wildman–Crippen MR) is 61.2 cm³/mol. The van der Waals surface area contributed by atoms with Gasteiger partial charge in [-0.15, -0.1) is 0 Å². The molecular formula is C14H16O2. The molecule has 0 saturated carbocycles. The van der Waals surface area contributed by atoms with Crippen molar-refractivity contribution in [2.24, 2.45) is 0 Å². The van der Waals surface area contributed by atoms with Gasteiger partial charge in [-0.25, -0.2) is 0 Å². The summed E-state index contributed by atoms with van der Waals surface area (Å²) in [5, 5.41) is 0. The number of benzene rings is 1. The summed E-state index contributed by atoms with van der Waals surface area (Å²) >= 11 is 0. The number of carbonyl (C=O) groups is 1.